The molecular weight excluding hydrogens is 366 g/mol. The zero-order chi connectivity index (χ0) is 19.0. The topological polar surface area (TPSA) is 93.5 Å². The maximum absolute atomic E-state index is 12.3. The quantitative estimate of drug-likeness (QED) is 0.548. The molecule has 136 valence electrons. The number of hydrogen-bond donors (Lipinski definition) is 1. The van der Waals surface area contributed by atoms with E-state index in [1.54, 1.807) is 18.5 Å². The Balaban J connectivity index is 1.98. The molecular formula is C19H16ClN5O2. The summed E-state index contributed by atoms with van der Waals surface area (Å²) >= 11 is 6.34. The molecule has 0 radical (unpaired) electrons. The molecule has 7 nitrogen and oxygen atoms in total. The number of pyridine rings is 1. The van der Waals surface area contributed by atoms with Crippen LogP contribution in [0.25, 0.3) is 22.6 Å². The Labute approximate surface area is 159 Å². The van der Waals surface area contributed by atoms with E-state index in [1.807, 2.05) is 29.7 Å². The Bertz CT molecular complexity index is 1220. The summed E-state index contributed by atoms with van der Waals surface area (Å²) in [6, 6.07) is 7.55. The van der Waals surface area contributed by atoms with Gasteiger partial charge in [-0.1, -0.05) is 24.6 Å². The van der Waals surface area contributed by atoms with Crippen molar-refractivity contribution in [2.75, 3.05) is 0 Å². The molecule has 3 heterocycles. The third-order valence-corrected chi connectivity index (χ3v) is 4.86. The van der Waals surface area contributed by atoms with E-state index < -0.39 is 11.2 Å². The van der Waals surface area contributed by atoms with Crippen LogP contribution in [0.15, 0.2) is 46.2 Å². The number of nitrogens with one attached hydrogen (secondary N) is 1. The summed E-state index contributed by atoms with van der Waals surface area (Å²) in [7, 11) is 0. The molecule has 0 spiro atoms. The van der Waals surface area contributed by atoms with Crippen LogP contribution < -0.4 is 11.2 Å². The molecule has 4 rings (SSSR count). The zero-order valence-corrected chi connectivity index (χ0v) is 15.3. The fourth-order valence-corrected chi connectivity index (χ4v) is 3.43. The molecule has 0 aliphatic carbocycles. The van der Waals surface area contributed by atoms with E-state index in [9.17, 15) is 9.59 Å². The number of fused-ring (bicyclic) bond motifs is 2. The number of benzene rings is 1. The molecule has 0 unspecified atom stereocenters. The van der Waals surface area contributed by atoms with Gasteiger partial charge in [0.15, 0.2) is 11.5 Å². The van der Waals surface area contributed by atoms with Crippen molar-refractivity contribution in [1.82, 2.24) is 24.5 Å². The summed E-state index contributed by atoms with van der Waals surface area (Å²) in [5.74, 6) is 0.268. The normalized spacial score (nSPS) is 11.3. The highest BCUT2D eigenvalue weighted by atomic mass is 35.5. The molecule has 2 aromatic rings. The fraction of sp³-hybridized carbons (Fsp3) is 0.211. The number of aryl methyl sites for hydroxylation is 3. The Morgan fingerprint density at radius 3 is 2.81 bits per heavy atom. The average Bonchev–Trinajstić information content (AvgIpc) is 2.66. The maximum Gasteiger partial charge on any atom is 0.349 e. The lowest BCUT2D eigenvalue weighted by atomic mass is 10.1. The summed E-state index contributed by atoms with van der Waals surface area (Å²) < 4.78 is 1.86. The van der Waals surface area contributed by atoms with Crippen molar-refractivity contribution in [3.63, 3.8) is 0 Å². The molecule has 1 aromatic carbocycles. The Morgan fingerprint density at radius 1 is 1.22 bits per heavy atom. The lowest BCUT2D eigenvalue weighted by Crippen LogP contribution is -2.29. The molecule has 1 aromatic heterocycles. The molecule has 2 aliphatic heterocycles. The van der Waals surface area contributed by atoms with Gasteiger partial charge in [-0.05, 0) is 42.2 Å². The van der Waals surface area contributed by atoms with E-state index in [1.165, 1.54) is 0 Å². The average molecular weight is 382 g/mol. The summed E-state index contributed by atoms with van der Waals surface area (Å²) in [6.07, 6.45) is 4.93. The van der Waals surface area contributed by atoms with Crippen molar-refractivity contribution in [3.05, 3.63) is 73.6 Å². The Morgan fingerprint density at radius 2 is 2.07 bits per heavy atom. The van der Waals surface area contributed by atoms with Gasteiger partial charge in [-0.3, -0.25) is 14.8 Å². The zero-order valence-electron chi connectivity index (χ0n) is 14.6. The number of aromatic amines is 1. The van der Waals surface area contributed by atoms with Crippen molar-refractivity contribution in [2.24, 2.45) is 0 Å². The maximum atomic E-state index is 12.3. The number of aromatic nitrogens is 5. The van der Waals surface area contributed by atoms with Gasteiger partial charge in [-0.25, -0.2) is 9.78 Å². The minimum absolute atomic E-state index is 0.119. The molecule has 1 N–H and O–H groups in total. The fourth-order valence-electron chi connectivity index (χ4n) is 3.14. The summed E-state index contributed by atoms with van der Waals surface area (Å²) in [6.45, 7) is 2.53. The van der Waals surface area contributed by atoms with Crippen LogP contribution in [0.4, 0.5) is 0 Å². The Kier molecular flexibility index (Phi) is 4.45. The first kappa shape index (κ1) is 17.4. The Hall–Kier alpha value is -3.06. The van der Waals surface area contributed by atoms with Crippen LogP contribution in [0.1, 0.15) is 18.1 Å². The largest absolute Gasteiger partial charge is 0.349 e. The lowest BCUT2D eigenvalue weighted by molar-refractivity contribution is 0.699. The second kappa shape index (κ2) is 6.92. The highest BCUT2D eigenvalue weighted by Gasteiger charge is 2.19. The minimum Gasteiger partial charge on any atom is -0.322 e. The van der Waals surface area contributed by atoms with E-state index in [4.69, 9.17) is 11.6 Å². The van der Waals surface area contributed by atoms with E-state index in [0.29, 0.717) is 23.5 Å². The first-order valence-corrected chi connectivity index (χ1v) is 8.96. The van der Waals surface area contributed by atoms with E-state index in [-0.39, 0.29) is 11.5 Å². The van der Waals surface area contributed by atoms with Gasteiger partial charge in [0, 0.05) is 24.0 Å². The molecule has 0 saturated heterocycles. The number of nitrogens with zero attached hydrogens (tertiary/aromatic N) is 4. The summed E-state index contributed by atoms with van der Waals surface area (Å²) in [5.41, 5.74) is 2.25. The number of hydrogen-bond acceptors (Lipinski definition) is 5. The molecule has 0 bridgehead atoms. The monoisotopic (exact) mass is 381 g/mol. The molecule has 0 fully saturated rings. The van der Waals surface area contributed by atoms with Crippen LogP contribution in [0.3, 0.4) is 0 Å². The van der Waals surface area contributed by atoms with Gasteiger partial charge in [0.05, 0.1) is 11.0 Å². The predicted octanol–water partition coefficient (Wildman–Crippen LogP) is 2.44. The summed E-state index contributed by atoms with van der Waals surface area (Å²) in [4.78, 5) is 38.8. The van der Waals surface area contributed by atoms with Crippen LogP contribution in [0.5, 0.6) is 0 Å². The first-order valence-electron chi connectivity index (χ1n) is 8.58. The standard InChI is InChI=1S/C19H16ClN5O2/c1-2-12-8-15-14(9-13(12)20)22-16-17(23-19(27)24-18(16)26)25(15)7-5-11-4-3-6-21-10-11/h3-4,6,8-10H,2,5,7H2,1H3,(H,24,26,27). The van der Waals surface area contributed by atoms with Gasteiger partial charge in [0.1, 0.15) is 0 Å². The highest BCUT2D eigenvalue weighted by Crippen LogP contribution is 2.27. The number of halogens is 1. The van der Waals surface area contributed by atoms with E-state index in [2.05, 4.69) is 19.9 Å². The van der Waals surface area contributed by atoms with Gasteiger partial charge < -0.3 is 4.57 Å². The summed E-state index contributed by atoms with van der Waals surface area (Å²) in [5, 5.41) is 0.598. The highest BCUT2D eigenvalue weighted by molar-refractivity contribution is 6.32. The third kappa shape index (κ3) is 3.21. The molecule has 2 aliphatic rings. The molecule has 27 heavy (non-hydrogen) atoms. The molecule has 8 heteroatoms. The van der Waals surface area contributed by atoms with Crippen molar-refractivity contribution in [3.8, 4) is 11.5 Å². The van der Waals surface area contributed by atoms with Gasteiger partial charge in [-0.2, -0.15) is 4.98 Å². The minimum atomic E-state index is -0.687. The van der Waals surface area contributed by atoms with Crippen LogP contribution in [-0.2, 0) is 19.4 Å². The first-order chi connectivity index (χ1) is 13.1. The van der Waals surface area contributed by atoms with Crippen molar-refractivity contribution < 1.29 is 0 Å². The molecule has 0 atom stereocenters. The van der Waals surface area contributed by atoms with Gasteiger partial charge >= 0.3 is 5.69 Å². The lowest BCUT2D eigenvalue weighted by Gasteiger charge is -2.17. The van der Waals surface area contributed by atoms with Crippen molar-refractivity contribution >= 4 is 22.6 Å². The SMILES string of the molecule is CCc1cc2c(cc1Cl)nc1c(=O)[nH]c(=O)nc-1n2CCc1cccnc1. The number of rotatable bonds is 4. The van der Waals surface area contributed by atoms with Crippen LogP contribution in [-0.4, -0.2) is 24.5 Å². The number of H-pyrrole nitrogens is 1. The van der Waals surface area contributed by atoms with Crippen LogP contribution >= 0.6 is 11.6 Å². The van der Waals surface area contributed by atoms with Gasteiger partial charge in [-0.15, -0.1) is 0 Å². The smallest absolute Gasteiger partial charge is 0.322 e. The van der Waals surface area contributed by atoms with Gasteiger partial charge in [0.2, 0.25) is 0 Å². The molecule has 0 amide bonds. The second-order valence-electron chi connectivity index (χ2n) is 6.20. The van der Waals surface area contributed by atoms with Crippen molar-refractivity contribution in [2.45, 2.75) is 26.3 Å². The molecule has 0 saturated carbocycles. The van der Waals surface area contributed by atoms with Crippen LogP contribution in [0, 0.1) is 0 Å². The third-order valence-electron chi connectivity index (χ3n) is 4.50. The predicted molar refractivity (Wildman–Crippen MR) is 103 cm³/mol. The second-order valence-corrected chi connectivity index (χ2v) is 6.61. The van der Waals surface area contributed by atoms with Gasteiger partial charge in [0.25, 0.3) is 5.56 Å². The van der Waals surface area contributed by atoms with E-state index >= 15 is 0 Å². The van der Waals surface area contributed by atoms with Crippen molar-refractivity contribution in [1.29, 1.82) is 0 Å². The van der Waals surface area contributed by atoms with Crippen LogP contribution in [0.2, 0.25) is 5.02 Å². The van der Waals surface area contributed by atoms with E-state index in [0.717, 1.165) is 23.1 Å².